The van der Waals surface area contributed by atoms with Crippen LogP contribution < -0.4 is 25.4 Å². The Labute approximate surface area is 138 Å². The number of rotatable bonds is 5. The smallest absolute Gasteiger partial charge is 0.322 e. The minimum Gasteiger partial charge on any atom is -0.490 e. The number of imide groups is 1. The molecule has 3 rings (SSSR count). The zero-order valence-corrected chi connectivity index (χ0v) is 13.1. The minimum absolute atomic E-state index is 0.156. The van der Waals surface area contributed by atoms with Crippen LogP contribution in [0.15, 0.2) is 18.2 Å². The van der Waals surface area contributed by atoms with E-state index >= 15 is 0 Å². The molecule has 3 N–H and O–H groups in total. The molecular formula is C16H19N3O5. The van der Waals surface area contributed by atoms with Gasteiger partial charge in [-0.05, 0) is 24.1 Å². The van der Waals surface area contributed by atoms with Crippen LogP contribution in [0.25, 0.3) is 0 Å². The molecule has 24 heavy (non-hydrogen) atoms. The number of carbonyl (C=O) groups excluding carboxylic acids is 3. The SMILES string of the molecule is O=C(CC[C@H]1NC(=O)NC1=O)NCc1ccc2c(c1)OCCCO2. The van der Waals surface area contributed by atoms with Gasteiger partial charge >= 0.3 is 6.03 Å². The van der Waals surface area contributed by atoms with Crippen molar-refractivity contribution in [1.29, 1.82) is 0 Å². The van der Waals surface area contributed by atoms with Crippen molar-refractivity contribution in [3.8, 4) is 11.5 Å². The number of carbonyl (C=O) groups is 3. The highest BCUT2D eigenvalue weighted by atomic mass is 16.5. The molecule has 0 spiro atoms. The van der Waals surface area contributed by atoms with Gasteiger partial charge in [0.05, 0.1) is 13.2 Å². The molecule has 8 heteroatoms. The lowest BCUT2D eigenvalue weighted by molar-refractivity contribution is -0.122. The van der Waals surface area contributed by atoms with E-state index in [1.54, 1.807) is 0 Å². The maximum absolute atomic E-state index is 11.9. The lowest BCUT2D eigenvalue weighted by Gasteiger charge is -2.11. The first-order chi connectivity index (χ1) is 11.6. The fraction of sp³-hybridized carbons (Fsp3) is 0.438. The first kappa shape index (κ1) is 16.1. The molecule has 0 radical (unpaired) electrons. The molecule has 2 aliphatic heterocycles. The highest BCUT2D eigenvalue weighted by Crippen LogP contribution is 2.30. The van der Waals surface area contributed by atoms with E-state index in [-0.39, 0.29) is 18.7 Å². The summed E-state index contributed by atoms with van der Waals surface area (Å²) < 4.78 is 11.2. The second kappa shape index (κ2) is 7.20. The van der Waals surface area contributed by atoms with Crippen LogP contribution in [0.3, 0.4) is 0 Å². The van der Waals surface area contributed by atoms with Crippen LogP contribution in [0, 0.1) is 0 Å². The molecule has 0 aliphatic carbocycles. The summed E-state index contributed by atoms with van der Waals surface area (Å²) in [6.45, 7) is 1.60. The van der Waals surface area contributed by atoms with Gasteiger partial charge in [-0.3, -0.25) is 14.9 Å². The van der Waals surface area contributed by atoms with Crippen molar-refractivity contribution < 1.29 is 23.9 Å². The van der Waals surface area contributed by atoms with Crippen molar-refractivity contribution in [2.24, 2.45) is 0 Å². The third kappa shape index (κ3) is 3.95. The highest BCUT2D eigenvalue weighted by molar-refractivity contribution is 6.04. The topological polar surface area (TPSA) is 106 Å². The maximum Gasteiger partial charge on any atom is 0.322 e. The van der Waals surface area contributed by atoms with Crippen LogP contribution in [-0.4, -0.2) is 37.1 Å². The molecular weight excluding hydrogens is 314 g/mol. The Hall–Kier alpha value is -2.77. The van der Waals surface area contributed by atoms with E-state index in [1.165, 1.54) is 0 Å². The quantitative estimate of drug-likeness (QED) is 0.679. The summed E-state index contributed by atoms with van der Waals surface area (Å²) in [5.74, 6) is 0.821. The lowest BCUT2D eigenvalue weighted by atomic mass is 10.1. The number of amides is 4. The molecule has 1 fully saturated rings. The van der Waals surface area contributed by atoms with Gasteiger partial charge in [-0.15, -0.1) is 0 Å². The molecule has 1 aromatic rings. The molecule has 0 aromatic heterocycles. The van der Waals surface area contributed by atoms with Gasteiger partial charge in [0.1, 0.15) is 6.04 Å². The molecule has 0 bridgehead atoms. The summed E-state index contributed by atoms with van der Waals surface area (Å²) in [5.41, 5.74) is 0.902. The largest absolute Gasteiger partial charge is 0.490 e. The number of hydrogen-bond acceptors (Lipinski definition) is 5. The zero-order valence-electron chi connectivity index (χ0n) is 13.1. The third-order valence-electron chi connectivity index (χ3n) is 3.82. The molecule has 4 amide bonds. The second-order valence-corrected chi connectivity index (χ2v) is 5.66. The van der Waals surface area contributed by atoms with Crippen LogP contribution in [0.2, 0.25) is 0 Å². The van der Waals surface area contributed by atoms with Crippen molar-refractivity contribution in [1.82, 2.24) is 16.0 Å². The Bertz CT molecular complexity index is 661. The van der Waals surface area contributed by atoms with Gasteiger partial charge in [-0.1, -0.05) is 6.07 Å². The van der Waals surface area contributed by atoms with E-state index in [4.69, 9.17) is 9.47 Å². The van der Waals surface area contributed by atoms with Gasteiger partial charge in [-0.25, -0.2) is 4.79 Å². The summed E-state index contributed by atoms with van der Waals surface area (Å²) >= 11 is 0. The van der Waals surface area contributed by atoms with Crippen molar-refractivity contribution in [3.63, 3.8) is 0 Å². The predicted octanol–water partition coefficient (Wildman–Crippen LogP) is 0.452. The molecule has 1 aromatic carbocycles. The summed E-state index contributed by atoms with van der Waals surface area (Å²) in [6, 6.07) is 4.41. The van der Waals surface area contributed by atoms with E-state index in [9.17, 15) is 14.4 Å². The van der Waals surface area contributed by atoms with Crippen LogP contribution in [0.1, 0.15) is 24.8 Å². The van der Waals surface area contributed by atoms with E-state index < -0.39 is 18.0 Å². The maximum atomic E-state index is 11.9. The molecule has 0 saturated carbocycles. The summed E-state index contributed by atoms with van der Waals surface area (Å²) in [4.78, 5) is 34.3. The molecule has 2 aliphatic rings. The van der Waals surface area contributed by atoms with Crippen LogP contribution in [0.4, 0.5) is 4.79 Å². The van der Waals surface area contributed by atoms with Crippen molar-refractivity contribution in [3.05, 3.63) is 23.8 Å². The van der Waals surface area contributed by atoms with Crippen LogP contribution in [0.5, 0.6) is 11.5 Å². The number of urea groups is 1. The van der Waals surface area contributed by atoms with Crippen LogP contribution in [-0.2, 0) is 16.1 Å². The first-order valence-electron chi connectivity index (χ1n) is 7.88. The lowest BCUT2D eigenvalue weighted by Crippen LogP contribution is -2.31. The molecule has 1 saturated heterocycles. The highest BCUT2D eigenvalue weighted by Gasteiger charge is 2.29. The Kier molecular flexibility index (Phi) is 4.83. The Balaban J connectivity index is 1.47. The van der Waals surface area contributed by atoms with E-state index in [2.05, 4.69) is 16.0 Å². The molecule has 8 nitrogen and oxygen atoms in total. The van der Waals surface area contributed by atoms with Crippen molar-refractivity contribution >= 4 is 17.8 Å². The van der Waals surface area contributed by atoms with E-state index in [0.29, 0.717) is 31.3 Å². The van der Waals surface area contributed by atoms with Gasteiger partial charge in [0.25, 0.3) is 5.91 Å². The molecule has 1 atom stereocenters. The molecule has 2 heterocycles. The summed E-state index contributed by atoms with van der Waals surface area (Å²) in [7, 11) is 0. The number of benzene rings is 1. The van der Waals surface area contributed by atoms with Gasteiger partial charge in [0, 0.05) is 19.4 Å². The van der Waals surface area contributed by atoms with Gasteiger partial charge < -0.3 is 20.1 Å². The Morgan fingerprint density at radius 1 is 1.21 bits per heavy atom. The first-order valence-corrected chi connectivity index (χ1v) is 7.88. The number of hydrogen-bond donors (Lipinski definition) is 3. The number of fused-ring (bicyclic) bond motifs is 1. The van der Waals surface area contributed by atoms with Crippen molar-refractivity contribution in [2.75, 3.05) is 13.2 Å². The van der Waals surface area contributed by atoms with Gasteiger partial charge in [-0.2, -0.15) is 0 Å². The van der Waals surface area contributed by atoms with E-state index in [0.717, 1.165) is 12.0 Å². The summed E-state index contributed by atoms with van der Waals surface area (Å²) in [5, 5.41) is 7.39. The van der Waals surface area contributed by atoms with Crippen molar-refractivity contribution in [2.45, 2.75) is 31.8 Å². The fourth-order valence-corrected chi connectivity index (χ4v) is 2.54. The average Bonchev–Trinajstić information content (AvgIpc) is 2.76. The number of ether oxygens (including phenoxy) is 2. The number of nitrogens with one attached hydrogen (secondary N) is 3. The zero-order chi connectivity index (χ0) is 16.9. The van der Waals surface area contributed by atoms with Gasteiger partial charge in [0.15, 0.2) is 11.5 Å². The summed E-state index contributed by atoms with van der Waals surface area (Å²) in [6.07, 6.45) is 1.26. The molecule has 128 valence electrons. The minimum atomic E-state index is -0.638. The normalized spacial score (nSPS) is 19.2. The predicted molar refractivity (Wildman–Crippen MR) is 83.6 cm³/mol. The molecule has 0 unspecified atom stereocenters. The fourth-order valence-electron chi connectivity index (χ4n) is 2.54. The van der Waals surface area contributed by atoms with Crippen LogP contribution >= 0.6 is 0 Å². The van der Waals surface area contributed by atoms with E-state index in [1.807, 2.05) is 18.2 Å². The standard InChI is InChI=1S/C16H19N3O5/c20-14(5-3-11-15(21)19-16(22)18-11)17-9-10-2-4-12-13(8-10)24-7-1-6-23-12/h2,4,8,11H,1,3,5-7,9H2,(H,17,20)(H2,18,19,21,22)/t11-/m1/s1. The second-order valence-electron chi connectivity index (χ2n) is 5.66. The Morgan fingerprint density at radius 2 is 2.00 bits per heavy atom. The average molecular weight is 333 g/mol. The van der Waals surface area contributed by atoms with Gasteiger partial charge in [0.2, 0.25) is 5.91 Å². The Morgan fingerprint density at radius 3 is 2.75 bits per heavy atom. The third-order valence-corrected chi connectivity index (χ3v) is 3.82. The monoisotopic (exact) mass is 333 g/mol.